The second-order valence-electron chi connectivity index (χ2n) is 5.11. The molecule has 4 heteroatoms. The molecule has 2 aromatic carbocycles. The van der Waals surface area contributed by atoms with Crippen molar-refractivity contribution in [2.75, 3.05) is 6.54 Å². The van der Waals surface area contributed by atoms with E-state index in [4.69, 9.17) is 17.3 Å². The maximum Gasteiger partial charge on any atom is 0.128 e. The first-order valence-corrected chi connectivity index (χ1v) is 7.27. The molecule has 0 unspecified atom stereocenters. The summed E-state index contributed by atoms with van der Waals surface area (Å²) in [5, 5.41) is 1.69. The number of hydrogen-bond acceptors (Lipinski definition) is 1. The molecule has 2 nitrogen and oxygen atoms in total. The molecule has 0 amide bonds. The fourth-order valence-corrected chi connectivity index (χ4v) is 2.73. The maximum atomic E-state index is 13.9. The number of fused-ring (bicyclic) bond motifs is 1. The number of benzene rings is 2. The van der Waals surface area contributed by atoms with E-state index in [9.17, 15) is 4.39 Å². The van der Waals surface area contributed by atoms with Crippen molar-refractivity contribution in [3.8, 4) is 0 Å². The average Bonchev–Trinajstić information content (AvgIpc) is 2.86. The van der Waals surface area contributed by atoms with Crippen molar-refractivity contribution >= 4 is 22.5 Å². The highest BCUT2D eigenvalue weighted by molar-refractivity contribution is 6.30. The third-order valence-electron chi connectivity index (χ3n) is 3.62. The van der Waals surface area contributed by atoms with Gasteiger partial charge in [0.25, 0.3) is 0 Å². The van der Waals surface area contributed by atoms with Gasteiger partial charge in [-0.15, -0.1) is 0 Å². The third-order valence-corrected chi connectivity index (χ3v) is 3.85. The topological polar surface area (TPSA) is 30.9 Å². The molecule has 0 saturated carbocycles. The predicted molar refractivity (Wildman–Crippen MR) is 85.2 cm³/mol. The summed E-state index contributed by atoms with van der Waals surface area (Å²) < 4.78 is 15.9. The maximum absolute atomic E-state index is 13.9. The molecule has 21 heavy (non-hydrogen) atoms. The van der Waals surface area contributed by atoms with E-state index in [-0.39, 0.29) is 5.82 Å². The Hall–Kier alpha value is -1.84. The Morgan fingerprint density at radius 3 is 2.76 bits per heavy atom. The number of hydrogen-bond donors (Lipinski definition) is 1. The van der Waals surface area contributed by atoms with Crippen molar-refractivity contribution in [3.05, 3.63) is 70.6 Å². The van der Waals surface area contributed by atoms with Crippen molar-refractivity contribution in [1.82, 2.24) is 4.57 Å². The minimum atomic E-state index is -0.237. The lowest BCUT2D eigenvalue weighted by Crippen LogP contribution is -2.03. The molecule has 0 atom stereocenters. The zero-order chi connectivity index (χ0) is 14.8. The second-order valence-corrected chi connectivity index (χ2v) is 5.55. The van der Waals surface area contributed by atoms with Crippen molar-refractivity contribution in [1.29, 1.82) is 0 Å². The molecule has 1 heterocycles. The van der Waals surface area contributed by atoms with Gasteiger partial charge in [0, 0.05) is 22.3 Å². The van der Waals surface area contributed by atoms with Crippen molar-refractivity contribution in [2.45, 2.75) is 13.0 Å². The van der Waals surface area contributed by atoms with Crippen LogP contribution in [0, 0.1) is 5.82 Å². The van der Waals surface area contributed by atoms with E-state index in [1.165, 1.54) is 11.6 Å². The molecule has 3 rings (SSSR count). The van der Waals surface area contributed by atoms with Crippen LogP contribution in [0.5, 0.6) is 0 Å². The molecule has 0 radical (unpaired) electrons. The molecule has 0 spiro atoms. The van der Waals surface area contributed by atoms with Crippen molar-refractivity contribution in [3.63, 3.8) is 0 Å². The summed E-state index contributed by atoms with van der Waals surface area (Å²) in [5.41, 5.74) is 8.47. The quantitative estimate of drug-likeness (QED) is 0.776. The van der Waals surface area contributed by atoms with Gasteiger partial charge in [0.15, 0.2) is 0 Å². The average molecular weight is 303 g/mol. The Labute approximate surface area is 127 Å². The van der Waals surface area contributed by atoms with Crippen LogP contribution in [0.15, 0.2) is 48.7 Å². The van der Waals surface area contributed by atoms with Crippen LogP contribution in [0.25, 0.3) is 10.9 Å². The van der Waals surface area contributed by atoms with E-state index in [0.29, 0.717) is 23.7 Å². The largest absolute Gasteiger partial charge is 0.343 e. The molecule has 0 bridgehead atoms. The Balaban J connectivity index is 2.00. The minimum Gasteiger partial charge on any atom is -0.343 e. The summed E-state index contributed by atoms with van der Waals surface area (Å²) >= 11 is 5.95. The first-order valence-electron chi connectivity index (χ1n) is 6.89. The van der Waals surface area contributed by atoms with Crippen LogP contribution in [0.1, 0.15) is 11.1 Å². The van der Waals surface area contributed by atoms with Gasteiger partial charge in [-0.1, -0.05) is 23.7 Å². The van der Waals surface area contributed by atoms with Gasteiger partial charge in [-0.3, -0.25) is 0 Å². The highest BCUT2D eigenvalue weighted by Crippen LogP contribution is 2.21. The van der Waals surface area contributed by atoms with Crippen LogP contribution in [0.2, 0.25) is 5.02 Å². The van der Waals surface area contributed by atoms with Crippen LogP contribution in [0.3, 0.4) is 0 Å². The molecule has 0 aliphatic rings. The zero-order valence-electron chi connectivity index (χ0n) is 11.5. The van der Waals surface area contributed by atoms with Gasteiger partial charge < -0.3 is 10.3 Å². The lowest BCUT2D eigenvalue weighted by atomic mass is 10.1. The van der Waals surface area contributed by atoms with Gasteiger partial charge in [-0.25, -0.2) is 4.39 Å². The Bertz CT molecular complexity index is 780. The number of nitrogens with zero attached hydrogens (tertiary/aromatic N) is 1. The third kappa shape index (κ3) is 2.94. The Kier molecular flexibility index (Phi) is 3.95. The Morgan fingerprint density at radius 1 is 1.10 bits per heavy atom. The van der Waals surface area contributed by atoms with Gasteiger partial charge in [-0.05, 0) is 54.2 Å². The SMILES string of the molecule is NCCc1ccc2ccn(Cc3cc(Cl)ccc3F)c2c1. The zero-order valence-corrected chi connectivity index (χ0v) is 12.3. The van der Waals surface area contributed by atoms with E-state index in [1.807, 2.05) is 16.8 Å². The molecular weight excluding hydrogens is 287 g/mol. The highest BCUT2D eigenvalue weighted by atomic mass is 35.5. The molecule has 108 valence electrons. The van der Waals surface area contributed by atoms with Crippen LogP contribution in [-0.4, -0.2) is 11.1 Å². The van der Waals surface area contributed by atoms with Gasteiger partial charge >= 0.3 is 0 Å². The molecule has 1 aromatic heterocycles. The van der Waals surface area contributed by atoms with E-state index in [1.54, 1.807) is 12.1 Å². The van der Waals surface area contributed by atoms with E-state index < -0.39 is 0 Å². The van der Waals surface area contributed by atoms with Crippen LogP contribution in [-0.2, 0) is 13.0 Å². The summed E-state index contributed by atoms with van der Waals surface area (Å²) in [6.07, 6.45) is 2.81. The summed E-state index contributed by atoms with van der Waals surface area (Å²) in [5.74, 6) is -0.237. The number of aromatic nitrogens is 1. The molecule has 0 saturated heterocycles. The fraction of sp³-hybridized carbons (Fsp3) is 0.176. The standard InChI is InChI=1S/C17H16ClFN2/c18-15-3-4-16(19)14(10-15)11-21-8-6-13-2-1-12(5-7-20)9-17(13)21/h1-4,6,8-10H,5,7,11,20H2. The monoisotopic (exact) mass is 302 g/mol. The first-order chi connectivity index (χ1) is 10.2. The van der Waals surface area contributed by atoms with Crippen molar-refractivity contribution < 1.29 is 4.39 Å². The van der Waals surface area contributed by atoms with Gasteiger partial charge in [-0.2, -0.15) is 0 Å². The lowest BCUT2D eigenvalue weighted by Gasteiger charge is -2.08. The predicted octanol–water partition coefficient (Wildman–Crippen LogP) is 3.98. The first kappa shape index (κ1) is 14.1. The molecule has 0 aliphatic carbocycles. The molecule has 0 aliphatic heterocycles. The van der Waals surface area contributed by atoms with E-state index in [2.05, 4.69) is 18.2 Å². The Morgan fingerprint density at radius 2 is 1.95 bits per heavy atom. The van der Waals surface area contributed by atoms with Crippen LogP contribution < -0.4 is 5.73 Å². The van der Waals surface area contributed by atoms with Crippen LogP contribution in [0.4, 0.5) is 4.39 Å². The summed E-state index contributed by atoms with van der Waals surface area (Å²) in [6, 6.07) is 12.9. The highest BCUT2D eigenvalue weighted by Gasteiger charge is 2.07. The van der Waals surface area contributed by atoms with Crippen LogP contribution >= 0.6 is 11.6 Å². The number of rotatable bonds is 4. The molecule has 0 fully saturated rings. The molecule has 3 aromatic rings. The van der Waals surface area contributed by atoms with Gasteiger partial charge in [0.2, 0.25) is 0 Å². The minimum absolute atomic E-state index is 0.237. The normalized spacial score (nSPS) is 11.2. The molecule has 2 N–H and O–H groups in total. The fourth-order valence-electron chi connectivity index (χ4n) is 2.54. The smallest absolute Gasteiger partial charge is 0.128 e. The number of halogens is 2. The van der Waals surface area contributed by atoms with Gasteiger partial charge in [0.05, 0.1) is 6.54 Å². The van der Waals surface area contributed by atoms with E-state index in [0.717, 1.165) is 17.3 Å². The summed E-state index contributed by atoms with van der Waals surface area (Å²) in [6.45, 7) is 1.08. The van der Waals surface area contributed by atoms with Crippen molar-refractivity contribution in [2.24, 2.45) is 5.73 Å². The van der Waals surface area contributed by atoms with Gasteiger partial charge in [0.1, 0.15) is 5.82 Å². The van der Waals surface area contributed by atoms with E-state index >= 15 is 0 Å². The summed E-state index contributed by atoms with van der Waals surface area (Å²) in [7, 11) is 0. The second kappa shape index (κ2) is 5.88. The summed E-state index contributed by atoms with van der Waals surface area (Å²) in [4.78, 5) is 0. The lowest BCUT2D eigenvalue weighted by molar-refractivity contribution is 0.602. The molecular formula is C17H16ClFN2. The number of nitrogens with two attached hydrogens (primary N) is 1.